The maximum absolute atomic E-state index is 9.28. The van der Waals surface area contributed by atoms with Crippen molar-refractivity contribution in [3.8, 4) is 0 Å². The molecule has 8 nitrogen and oxygen atoms in total. The van der Waals surface area contributed by atoms with Crippen LogP contribution < -0.4 is 5.73 Å². The number of hydrogen-bond acceptors (Lipinski definition) is 5. The van der Waals surface area contributed by atoms with Crippen LogP contribution in [-0.2, 0) is 4.74 Å². The van der Waals surface area contributed by atoms with Crippen molar-refractivity contribution in [2.45, 2.75) is 24.8 Å². The number of fused-ring (bicyclic) bond motifs is 1. The van der Waals surface area contributed by atoms with Crippen LogP contribution in [0.2, 0.25) is 0 Å². The minimum Gasteiger partial charge on any atom is -0.398 e. The summed E-state index contributed by atoms with van der Waals surface area (Å²) in [6.07, 6.45) is 3.16. The van der Waals surface area contributed by atoms with Gasteiger partial charge < -0.3 is 20.1 Å². The lowest BCUT2D eigenvalue weighted by molar-refractivity contribution is -0.0230. The molecule has 0 radical (unpaired) electrons. The Kier molecular flexibility index (Phi) is 3.19. The summed E-state index contributed by atoms with van der Waals surface area (Å²) < 4.78 is 7.58. The highest BCUT2D eigenvalue weighted by Gasteiger charge is 2.35. The molecule has 2 aromatic rings. The Hall–Kier alpha value is -2.28. The van der Waals surface area contributed by atoms with Gasteiger partial charge in [-0.05, 0) is 17.7 Å². The number of pyridine rings is 1. The number of aromatic nitrogens is 2. The van der Waals surface area contributed by atoms with E-state index in [0.29, 0.717) is 17.8 Å². The molecule has 0 saturated carbocycles. The van der Waals surface area contributed by atoms with Crippen molar-refractivity contribution in [1.82, 2.24) is 9.55 Å². The molecular weight excluding hydrogens is 260 g/mol. The SMILES string of the molecule is [N-]=[N+]=NC1C[C@@H](n2ccc3c(N)ccnc32)O[C@@H]1CO. The standard InChI is InChI=1S/C12H14N6O2/c13-8-1-3-15-12-7(8)2-4-18(12)11-5-9(16-17-14)10(6-19)20-11/h1-4,9-11,19H,5-6H2,(H2,13,15)/t9?,10-,11+/m1/s1. The second-order valence-electron chi connectivity index (χ2n) is 4.68. The van der Waals surface area contributed by atoms with E-state index >= 15 is 0 Å². The number of azide groups is 1. The predicted molar refractivity (Wildman–Crippen MR) is 72.7 cm³/mol. The van der Waals surface area contributed by atoms with Crippen LogP contribution in [0.3, 0.4) is 0 Å². The quantitative estimate of drug-likeness (QED) is 0.501. The van der Waals surface area contributed by atoms with E-state index in [9.17, 15) is 5.11 Å². The fourth-order valence-electron chi connectivity index (χ4n) is 2.55. The van der Waals surface area contributed by atoms with Crippen molar-refractivity contribution in [2.75, 3.05) is 12.3 Å². The smallest absolute Gasteiger partial charge is 0.144 e. The first-order valence-electron chi connectivity index (χ1n) is 6.26. The van der Waals surface area contributed by atoms with Crippen molar-refractivity contribution in [2.24, 2.45) is 5.11 Å². The van der Waals surface area contributed by atoms with Crippen LogP contribution in [0.25, 0.3) is 21.5 Å². The molecular formula is C12H14N6O2. The molecule has 0 spiro atoms. The summed E-state index contributed by atoms with van der Waals surface area (Å²) in [5.41, 5.74) is 15.8. The van der Waals surface area contributed by atoms with Crippen LogP contribution in [0.15, 0.2) is 29.6 Å². The van der Waals surface area contributed by atoms with Gasteiger partial charge in [0, 0.05) is 34.8 Å². The summed E-state index contributed by atoms with van der Waals surface area (Å²) in [4.78, 5) is 7.10. The third-order valence-corrected chi connectivity index (χ3v) is 3.54. The van der Waals surface area contributed by atoms with Crippen LogP contribution in [0.4, 0.5) is 5.69 Å². The zero-order chi connectivity index (χ0) is 14.1. The molecule has 0 amide bonds. The molecule has 0 aromatic carbocycles. The van der Waals surface area contributed by atoms with Crippen LogP contribution in [0.1, 0.15) is 12.6 Å². The van der Waals surface area contributed by atoms with E-state index in [4.69, 9.17) is 16.0 Å². The van der Waals surface area contributed by atoms with Gasteiger partial charge in [-0.25, -0.2) is 4.98 Å². The first-order chi connectivity index (χ1) is 9.74. The number of nitrogen functional groups attached to an aromatic ring is 1. The molecule has 2 aromatic heterocycles. The van der Waals surface area contributed by atoms with Crippen LogP contribution >= 0.6 is 0 Å². The van der Waals surface area contributed by atoms with Gasteiger partial charge in [0.2, 0.25) is 0 Å². The van der Waals surface area contributed by atoms with Crippen LogP contribution in [0, 0.1) is 0 Å². The molecule has 3 rings (SSSR count). The zero-order valence-electron chi connectivity index (χ0n) is 10.6. The molecule has 1 unspecified atom stereocenters. The zero-order valence-corrected chi connectivity index (χ0v) is 10.6. The minimum atomic E-state index is -0.491. The van der Waals surface area contributed by atoms with E-state index in [2.05, 4.69) is 15.0 Å². The molecule has 3 N–H and O–H groups in total. The number of anilines is 1. The third kappa shape index (κ3) is 1.96. The maximum atomic E-state index is 9.28. The molecule has 0 aliphatic carbocycles. The average molecular weight is 274 g/mol. The first-order valence-corrected chi connectivity index (χ1v) is 6.26. The number of aliphatic hydroxyl groups excluding tert-OH is 1. The summed E-state index contributed by atoms with van der Waals surface area (Å²) in [7, 11) is 0. The van der Waals surface area contributed by atoms with Gasteiger partial charge in [0.25, 0.3) is 0 Å². The lowest BCUT2D eigenvalue weighted by atomic mass is 10.1. The Morgan fingerprint density at radius 2 is 2.45 bits per heavy atom. The van der Waals surface area contributed by atoms with Gasteiger partial charge in [-0.2, -0.15) is 0 Å². The van der Waals surface area contributed by atoms with Crippen molar-refractivity contribution in [3.05, 3.63) is 35.0 Å². The van der Waals surface area contributed by atoms with Gasteiger partial charge in [-0.3, -0.25) is 0 Å². The van der Waals surface area contributed by atoms with Crippen LogP contribution in [-0.4, -0.2) is 33.4 Å². The molecule has 1 fully saturated rings. The Morgan fingerprint density at radius 3 is 3.20 bits per heavy atom. The highest BCUT2D eigenvalue weighted by Crippen LogP contribution is 2.33. The highest BCUT2D eigenvalue weighted by atomic mass is 16.5. The fraction of sp³-hybridized carbons (Fsp3) is 0.417. The molecule has 20 heavy (non-hydrogen) atoms. The third-order valence-electron chi connectivity index (χ3n) is 3.54. The summed E-state index contributed by atoms with van der Waals surface area (Å²) in [6.45, 7) is -0.186. The number of nitrogens with two attached hydrogens (primary N) is 1. The van der Waals surface area contributed by atoms with Crippen molar-refractivity contribution in [3.63, 3.8) is 0 Å². The van der Waals surface area contributed by atoms with E-state index in [1.165, 1.54) is 0 Å². The number of rotatable bonds is 3. The summed E-state index contributed by atoms with van der Waals surface area (Å²) >= 11 is 0. The number of nitrogens with zero attached hydrogens (tertiary/aromatic N) is 5. The first kappa shape index (κ1) is 12.7. The molecule has 1 aliphatic rings. The Labute approximate surface area is 114 Å². The van der Waals surface area contributed by atoms with Gasteiger partial charge in [0.1, 0.15) is 11.9 Å². The molecule has 3 heterocycles. The largest absolute Gasteiger partial charge is 0.398 e. The second-order valence-corrected chi connectivity index (χ2v) is 4.68. The Morgan fingerprint density at radius 1 is 1.60 bits per heavy atom. The number of hydrogen-bond donors (Lipinski definition) is 2. The lowest BCUT2D eigenvalue weighted by Gasteiger charge is -2.14. The van der Waals surface area contributed by atoms with E-state index in [1.807, 2.05) is 16.8 Å². The molecule has 1 saturated heterocycles. The molecule has 3 atom stereocenters. The second kappa shape index (κ2) is 5.01. The monoisotopic (exact) mass is 274 g/mol. The number of ether oxygens (including phenoxy) is 1. The topological polar surface area (TPSA) is 122 Å². The van der Waals surface area contributed by atoms with Crippen molar-refractivity contribution in [1.29, 1.82) is 0 Å². The number of aliphatic hydroxyl groups is 1. The van der Waals surface area contributed by atoms with Crippen molar-refractivity contribution >= 4 is 16.7 Å². The highest BCUT2D eigenvalue weighted by molar-refractivity contribution is 5.88. The molecule has 1 aliphatic heterocycles. The predicted octanol–water partition coefficient (Wildman–Crippen LogP) is 1.58. The van der Waals surface area contributed by atoms with Gasteiger partial charge in [0.15, 0.2) is 0 Å². The van der Waals surface area contributed by atoms with E-state index in [0.717, 1.165) is 5.39 Å². The Bertz CT molecular complexity index is 678. The average Bonchev–Trinajstić information content (AvgIpc) is 3.03. The van der Waals surface area contributed by atoms with Gasteiger partial charge in [-0.15, -0.1) is 0 Å². The van der Waals surface area contributed by atoms with E-state index < -0.39 is 6.10 Å². The summed E-state index contributed by atoms with van der Waals surface area (Å²) in [5, 5.41) is 13.8. The summed E-state index contributed by atoms with van der Waals surface area (Å²) in [6, 6.07) is 3.23. The van der Waals surface area contributed by atoms with Crippen molar-refractivity contribution < 1.29 is 9.84 Å². The minimum absolute atomic E-state index is 0.186. The van der Waals surface area contributed by atoms with Gasteiger partial charge in [-0.1, -0.05) is 5.11 Å². The van der Waals surface area contributed by atoms with Gasteiger partial charge in [0.05, 0.1) is 18.8 Å². The van der Waals surface area contributed by atoms with Crippen LogP contribution in [0.5, 0.6) is 0 Å². The summed E-state index contributed by atoms with van der Waals surface area (Å²) in [5.74, 6) is 0. The molecule has 104 valence electrons. The molecule has 0 bridgehead atoms. The van der Waals surface area contributed by atoms with Gasteiger partial charge >= 0.3 is 0 Å². The maximum Gasteiger partial charge on any atom is 0.144 e. The Balaban J connectivity index is 1.96. The molecule has 8 heteroatoms. The van der Waals surface area contributed by atoms with E-state index in [-0.39, 0.29) is 18.9 Å². The normalized spacial score (nSPS) is 25.8. The lowest BCUT2D eigenvalue weighted by Crippen LogP contribution is -2.22. The van der Waals surface area contributed by atoms with E-state index in [1.54, 1.807) is 12.3 Å². The fourth-order valence-corrected chi connectivity index (χ4v) is 2.55.